The molecule has 3 rings (SSSR count). The lowest BCUT2D eigenvalue weighted by molar-refractivity contribution is -0.167. The minimum Gasteiger partial charge on any atom is -0.494 e. The summed E-state index contributed by atoms with van der Waals surface area (Å²) in [5.74, 6) is -1.38. The number of benzene rings is 2. The van der Waals surface area contributed by atoms with E-state index in [0.717, 1.165) is 0 Å². The molecule has 0 fully saturated rings. The summed E-state index contributed by atoms with van der Waals surface area (Å²) in [5, 5.41) is 8.97. The highest BCUT2D eigenvalue weighted by Crippen LogP contribution is 2.23. The summed E-state index contributed by atoms with van der Waals surface area (Å²) in [6, 6.07) is 15.2. The summed E-state index contributed by atoms with van der Waals surface area (Å²) in [4.78, 5) is 41.4. The number of hydrogen-bond donors (Lipinski definition) is 0. The highest BCUT2D eigenvalue weighted by atomic mass is 16.7. The van der Waals surface area contributed by atoms with E-state index in [2.05, 4.69) is 0 Å². The average Bonchev–Trinajstić information content (AvgIpc) is 2.92. The molecule has 2 amide bonds. The molecule has 2 aromatic rings. The zero-order valence-electron chi connectivity index (χ0n) is 14.4. The van der Waals surface area contributed by atoms with Crippen molar-refractivity contribution in [1.82, 2.24) is 5.06 Å². The van der Waals surface area contributed by atoms with Crippen molar-refractivity contribution in [2.45, 2.75) is 19.3 Å². The van der Waals surface area contributed by atoms with Gasteiger partial charge < -0.3 is 9.57 Å². The van der Waals surface area contributed by atoms with Crippen LogP contribution in [0.2, 0.25) is 0 Å². The first-order chi connectivity index (χ1) is 13.1. The van der Waals surface area contributed by atoms with Crippen molar-refractivity contribution in [2.75, 3.05) is 6.61 Å². The SMILES string of the molecule is N#CCCCOc1ccc(CC(=O)ON2C(=O)c3ccccc3C2=O)cc1. The number of carbonyl (C=O) groups is 3. The fraction of sp³-hybridized carbons (Fsp3) is 0.200. The summed E-state index contributed by atoms with van der Waals surface area (Å²) < 4.78 is 5.47. The molecule has 0 unspecified atom stereocenters. The molecule has 136 valence electrons. The lowest BCUT2D eigenvalue weighted by Gasteiger charge is -2.12. The summed E-state index contributed by atoms with van der Waals surface area (Å²) in [7, 11) is 0. The third-order valence-electron chi connectivity index (χ3n) is 3.92. The monoisotopic (exact) mass is 364 g/mol. The lowest BCUT2D eigenvalue weighted by atomic mass is 10.1. The van der Waals surface area contributed by atoms with Gasteiger partial charge in [-0.3, -0.25) is 9.59 Å². The average molecular weight is 364 g/mol. The number of unbranched alkanes of at least 4 members (excludes halogenated alkanes) is 1. The smallest absolute Gasteiger partial charge is 0.337 e. The minimum atomic E-state index is -0.716. The Morgan fingerprint density at radius 3 is 2.22 bits per heavy atom. The highest BCUT2D eigenvalue weighted by Gasteiger charge is 2.38. The molecule has 0 spiro atoms. The van der Waals surface area contributed by atoms with E-state index >= 15 is 0 Å². The Hall–Kier alpha value is -3.66. The van der Waals surface area contributed by atoms with Crippen molar-refractivity contribution in [3.8, 4) is 11.8 Å². The van der Waals surface area contributed by atoms with Gasteiger partial charge in [0.2, 0.25) is 0 Å². The number of hydrogen-bond acceptors (Lipinski definition) is 6. The van der Waals surface area contributed by atoms with Gasteiger partial charge in [-0.2, -0.15) is 5.26 Å². The third-order valence-corrected chi connectivity index (χ3v) is 3.92. The van der Waals surface area contributed by atoms with E-state index in [1.807, 2.05) is 6.07 Å². The molecular formula is C20H16N2O5. The van der Waals surface area contributed by atoms with Crippen LogP contribution >= 0.6 is 0 Å². The number of fused-ring (bicyclic) bond motifs is 1. The van der Waals surface area contributed by atoms with E-state index in [4.69, 9.17) is 14.8 Å². The largest absolute Gasteiger partial charge is 0.494 e. The van der Waals surface area contributed by atoms with Crippen LogP contribution < -0.4 is 4.74 Å². The van der Waals surface area contributed by atoms with Crippen LogP contribution in [-0.4, -0.2) is 29.5 Å². The summed E-state index contributed by atoms with van der Waals surface area (Å²) in [5.41, 5.74) is 1.09. The molecule has 0 N–H and O–H groups in total. The van der Waals surface area contributed by atoms with Crippen molar-refractivity contribution in [3.05, 3.63) is 65.2 Å². The third kappa shape index (κ3) is 4.12. The van der Waals surface area contributed by atoms with Gasteiger partial charge in [-0.25, -0.2) is 4.79 Å². The van der Waals surface area contributed by atoms with Crippen LogP contribution in [0.1, 0.15) is 39.1 Å². The normalized spacial score (nSPS) is 12.5. The van der Waals surface area contributed by atoms with Crippen LogP contribution in [0, 0.1) is 11.3 Å². The van der Waals surface area contributed by atoms with Crippen molar-refractivity contribution >= 4 is 17.8 Å². The van der Waals surface area contributed by atoms with Crippen molar-refractivity contribution in [3.63, 3.8) is 0 Å². The number of imide groups is 1. The molecule has 0 bridgehead atoms. The van der Waals surface area contributed by atoms with Crippen LogP contribution in [0.4, 0.5) is 0 Å². The van der Waals surface area contributed by atoms with Crippen molar-refractivity contribution in [1.29, 1.82) is 5.26 Å². The fourth-order valence-electron chi connectivity index (χ4n) is 2.60. The Bertz CT molecular complexity index is 880. The van der Waals surface area contributed by atoms with E-state index in [-0.39, 0.29) is 17.5 Å². The Kier molecular flexibility index (Phi) is 5.47. The van der Waals surface area contributed by atoms with Gasteiger partial charge in [0.15, 0.2) is 0 Å². The number of ether oxygens (including phenoxy) is 1. The summed E-state index contributed by atoms with van der Waals surface area (Å²) in [6.45, 7) is 0.439. The van der Waals surface area contributed by atoms with Crippen molar-refractivity contribution < 1.29 is 24.0 Å². The number of nitrogens with zero attached hydrogens (tertiary/aromatic N) is 2. The molecule has 1 aliphatic heterocycles. The first-order valence-electron chi connectivity index (χ1n) is 8.37. The van der Waals surface area contributed by atoms with Gasteiger partial charge in [-0.15, -0.1) is 0 Å². The maximum absolute atomic E-state index is 12.2. The second kappa shape index (κ2) is 8.15. The minimum absolute atomic E-state index is 0.0951. The Labute approximate surface area is 155 Å². The molecular weight excluding hydrogens is 348 g/mol. The van der Waals surface area contributed by atoms with Gasteiger partial charge in [-0.1, -0.05) is 29.3 Å². The predicted octanol–water partition coefficient (Wildman–Crippen LogP) is 2.67. The zero-order valence-corrected chi connectivity index (χ0v) is 14.4. The highest BCUT2D eigenvalue weighted by molar-refractivity contribution is 6.20. The summed E-state index contributed by atoms with van der Waals surface area (Å²) in [6.07, 6.45) is 0.981. The number of rotatable bonds is 7. The van der Waals surface area contributed by atoms with E-state index in [1.165, 1.54) is 12.1 Å². The first kappa shape index (κ1) is 18.1. The van der Waals surface area contributed by atoms with Gasteiger partial charge in [0.1, 0.15) is 5.75 Å². The maximum atomic E-state index is 12.2. The number of carbonyl (C=O) groups excluding carboxylic acids is 3. The van der Waals surface area contributed by atoms with Crippen LogP contribution in [0.15, 0.2) is 48.5 Å². The Balaban J connectivity index is 1.55. The zero-order chi connectivity index (χ0) is 19.2. The van der Waals surface area contributed by atoms with Gasteiger partial charge in [0.25, 0.3) is 11.8 Å². The van der Waals surface area contributed by atoms with E-state index in [1.54, 1.807) is 36.4 Å². The molecule has 0 radical (unpaired) electrons. The molecule has 0 atom stereocenters. The number of hydroxylamine groups is 2. The summed E-state index contributed by atoms with van der Waals surface area (Å²) >= 11 is 0. The molecule has 0 aromatic heterocycles. The Morgan fingerprint density at radius 2 is 1.63 bits per heavy atom. The van der Waals surface area contributed by atoms with Crippen LogP contribution in [0.25, 0.3) is 0 Å². The molecule has 1 aliphatic rings. The molecule has 1 heterocycles. The molecule has 2 aromatic carbocycles. The van der Waals surface area contributed by atoms with Gasteiger partial charge in [-0.05, 0) is 36.2 Å². The van der Waals surface area contributed by atoms with Gasteiger partial charge >= 0.3 is 5.97 Å². The van der Waals surface area contributed by atoms with Crippen molar-refractivity contribution in [2.24, 2.45) is 0 Å². The first-order valence-corrected chi connectivity index (χ1v) is 8.37. The molecule has 27 heavy (non-hydrogen) atoms. The molecule has 0 saturated carbocycles. The van der Waals surface area contributed by atoms with Crippen LogP contribution in [0.3, 0.4) is 0 Å². The number of amides is 2. The number of nitriles is 1. The molecule has 7 nitrogen and oxygen atoms in total. The lowest BCUT2D eigenvalue weighted by Crippen LogP contribution is -2.33. The van der Waals surface area contributed by atoms with Crippen LogP contribution in [-0.2, 0) is 16.1 Å². The molecule has 7 heteroatoms. The molecule has 0 aliphatic carbocycles. The van der Waals surface area contributed by atoms with E-state index in [9.17, 15) is 14.4 Å². The van der Waals surface area contributed by atoms with Crippen LogP contribution in [0.5, 0.6) is 5.75 Å². The predicted molar refractivity (Wildman–Crippen MR) is 93.5 cm³/mol. The van der Waals surface area contributed by atoms with Gasteiger partial charge in [0, 0.05) is 6.42 Å². The second-order valence-corrected chi connectivity index (χ2v) is 5.84. The van der Waals surface area contributed by atoms with E-state index < -0.39 is 17.8 Å². The second-order valence-electron chi connectivity index (χ2n) is 5.84. The quantitative estimate of drug-likeness (QED) is 0.553. The molecule has 0 saturated heterocycles. The van der Waals surface area contributed by atoms with Gasteiger partial charge in [0.05, 0.1) is 30.2 Å². The standard InChI is InChI=1S/C20H16N2O5/c21-11-3-4-12-26-15-9-7-14(8-10-15)13-18(23)27-22-19(24)16-5-1-2-6-17(16)20(22)25/h1-2,5-10H,3-4,12-13H2. The maximum Gasteiger partial charge on any atom is 0.337 e. The topological polar surface area (TPSA) is 96.7 Å². The fourth-order valence-corrected chi connectivity index (χ4v) is 2.60. The van der Waals surface area contributed by atoms with E-state index in [0.29, 0.717) is 35.8 Å². The Morgan fingerprint density at radius 1 is 1.00 bits per heavy atom.